The van der Waals surface area contributed by atoms with Crippen LogP contribution in [0, 0.1) is 11.8 Å². The zero-order valence-corrected chi connectivity index (χ0v) is 12.2. The van der Waals surface area contributed by atoms with Crippen molar-refractivity contribution < 1.29 is 8.42 Å². The molecule has 18 heavy (non-hydrogen) atoms. The number of nitrogens with one attached hydrogen (secondary N) is 1. The molecule has 1 aliphatic carbocycles. The van der Waals surface area contributed by atoms with Gasteiger partial charge in [0.2, 0.25) is 10.0 Å². The second-order valence-electron chi connectivity index (χ2n) is 5.72. The molecule has 0 unspecified atom stereocenters. The maximum absolute atomic E-state index is 12.4. The molecule has 4 nitrogen and oxygen atoms in total. The molecule has 1 heterocycles. The van der Waals surface area contributed by atoms with Crippen molar-refractivity contribution in [2.24, 2.45) is 11.8 Å². The van der Waals surface area contributed by atoms with Crippen molar-refractivity contribution in [3.05, 3.63) is 0 Å². The van der Waals surface area contributed by atoms with E-state index in [2.05, 4.69) is 5.32 Å². The third kappa shape index (κ3) is 3.68. The number of nitrogens with zero attached hydrogens (tertiary/aromatic N) is 1. The number of piperidine rings is 1. The zero-order valence-electron chi connectivity index (χ0n) is 11.4. The molecule has 0 amide bonds. The molecule has 0 aromatic heterocycles. The summed E-state index contributed by atoms with van der Waals surface area (Å²) in [7, 11) is -3.04. The van der Waals surface area contributed by atoms with Crippen molar-refractivity contribution >= 4 is 10.0 Å². The first-order valence-electron chi connectivity index (χ1n) is 7.30. The molecule has 0 radical (unpaired) electrons. The van der Waals surface area contributed by atoms with Gasteiger partial charge >= 0.3 is 0 Å². The highest BCUT2D eigenvalue weighted by atomic mass is 32.2. The lowest BCUT2D eigenvalue weighted by Crippen LogP contribution is -2.41. The summed E-state index contributed by atoms with van der Waals surface area (Å²) in [6.45, 7) is 5.27. The van der Waals surface area contributed by atoms with E-state index in [9.17, 15) is 8.42 Å². The number of rotatable bonds is 6. The Balaban J connectivity index is 1.89. The average molecular weight is 274 g/mol. The molecule has 0 bridgehead atoms. The summed E-state index contributed by atoms with van der Waals surface area (Å²) in [4.78, 5) is 0. The fraction of sp³-hybridized carbons (Fsp3) is 1.00. The van der Waals surface area contributed by atoms with Crippen LogP contribution in [-0.4, -0.2) is 44.7 Å². The van der Waals surface area contributed by atoms with Gasteiger partial charge in [-0.15, -0.1) is 0 Å². The monoisotopic (exact) mass is 274 g/mol. The summed E-state index contributed by atoms with van der Waals surface area (Å²) in [5.41, 5.74) is 0. The quantitative estimate of drug-likeness (QED) is 0.797. The molecule has 106 valence electrons. The average Bonchev–Trinajstić information content (AvgIpc) is 2.28. The van der Waals surface area contributed by atoms with E-state index in [1.165, 1.54) is 19.3 Å². The topological polar surface area (TPSA) is 49.4 Å². The summed E-state index contributed by atoms with van der Waals surface area (Å²) >= 11 is 0. The predicted octanol–water partition coefficient (Wildman–Crippen LogP) is 1.44. The molecule has 1 saturated carbocycles. The van der Waals surface area contributed by atoms with Gasteiger partial charge < -0.3 is 5.32 Å². The Hall–Kier alpha value is -0.130. The molecule has 1 saturated heterocycles. The van der Waals surface area contributed by atoms with Crippen LogP contribution in [-0.2, 0) is 10.0 Å². The van der Waals surface area contributed by atoms with Crippen molar-refractivity contribution in [3.8, 4) is 0 Å². The Morgan fingerprint density at radius 1 is 1.11 bits per heavy atom. The van der Waals surface area contributed by atoms with Gasteiger partial charge in [0.05, 0.1) is 5.75 Å². The van der Waals surface area contributed by atoms with Gasteiger partial charge in [0, 0.05) is 13.1 Å². The summed E-state index contributed by atoms with van der Waals surface area (Å²) in [6, 6.07) is 0. The fourth-order valence-corrected chi connectivity index (χ4v) is 4.83. The van der Waals surface area contributed by atoms with Crippen LogP contribution in [0.2, 0.25) is 0 Å². The summed E-state index contributed by atoms with van der Waals surface area (Å²) in [6.07, 6.45) is 5.69. The van der Waals surface area contributed by atoms with Crippen LogP contribution in [0.15, 0.2) is 0 Å². The maximum Gasteiger partial charge on any atom is 0.214 e. The van der Waals surface area contributed by atoms with E-state index in [0.29, 0.717) is 24.1 Å². The van der Waals surface area contributed by atoms with Crippen molar-refractivity contribution in [1.82, 2.24) is 9.62 Å². The van der Waals surface area contributed by atoms with Crippen LogP contribution in [0.25, 0.3) is 0 Å². The second kappa shape index (κ2) is 6.35. The van der Waals surface area contributed by atoms with Gasteiger partial charge in [-0.3, -0.25) is 0 Å². The number of hydrogen-bond acceptors (Lipinski definition) is 3. The number of hydrogen-bond donors (Lipinski definition) is 1. The zero-order chi connectivity index (χ0) is 13.0. The van der Waals surface area contributed by atoms with Crippen molar-refractivity contribution in [2.45, 2.75) is 39.0 Å². The predicted molar refractivity (Wildman–Crippen MR) is 74.0 cm³/mol. The Bertz CT molecular complexity index is 346. The van der Waals surface area contributed by atoms with Crippen LogP contribution in [0.1, 0.15) is 39.0 Å². The van der Waals surface area contributed by atoms with E-state index >= 15 is 0 Å². The Morgan fingerprint density at radius 3 is 2.28 bits per heavy atom. The third-order valence-corrected chi connectivity index (χ3v) is 6.42. The maximum atomic E-state index is 12.4. The molecule has 2 rings (SSSR count). The van der Waals surface area contributed by atoms with Crippen LogP contribution < -0.4 is 5.32 Å². The molecule has 5 heteroatoms. The van der Waals surface area contributed by atoms with Gasteiger partial charge in [-0.2, -0.15) is 0 Å². The van der Waals surface area contributed by atoms with E-state index in [1.54, 1.807) is 4.31 Å². The molecule has 2 fully saturated rings. The highest BCUT2D eigenvalue weighted by molar-refractivity contribution is 7.89. The Morgan fingerprint density at radius 2 is 1.78 bits per heavy atom. The van der Waals surface area contributed by atoms with Crippen molar-refractivity contribution in [1.29, 1.82) is 0 Å². The molecular weight excluding hydrogens is 248 g/mol. The Labute approximate surface area is 111 Å². The van der Waals surface area contributed by atoms with E-state index < -0.39 is 10.0 Å². The SMILES string of the molecule is CCN(CC1CCC1)S(=O)(=O)CC1CCNCC1. The van der Waals surface area contributed by atoms with Crippen LogP contribution >= 0.6 is 0 Å². The molecule has 0 spiro atoms. The lowest BCUT2D eigenvalue weighted by molar-refractivity contribution is 0.248. The van der Waals surface area contributed by atoms with Gasteiger partial charge in [-0.25, -0.2) is 12.7 Å². The molecule has 0 aromatic carbocycles. The molecule has 0 aromatic rings. The molecule has 1 aliphatic heterocycles. The van der Waals surface area contributed by atoms with Gasteiger partial charge in [0.25, 0.3) is 0 Å². The molecule has 1 N–H and O–H groups in total. The largest absolute Gasteiger partial charge is 0.317 e. The molecule has 2 aliphatic rings. The van der Waals surface area contributed by atoms with Crippen molar-refractivity contribution in [3.63, 3.8) is 0 Å². The van der Waals surface area contributed by atoms with Gasteiger partial charge in [0.1, 0.15) is 0 Å². The fourth-order valence-electron chi connectivity index (χ4n) is 2.85. The highest BCUT2D eigenvalue weighted by Gasteiger charge is 2.29. The lowest BCUT2D eigenvalue weighted by atomic mass is 9.85. The number of sulfonamides is 1. The van der Waals surface area contributed by atoms with Crippen LogP contribution in [0.4, 0.5) is 0 Å². The Kier molecular flexibility index (Phi) is 5.04. The minimum absolute atomic E-state index is 0.353. The lowest BCUT2D eigenvalue weighted by Gasteiger charge is -2.32. The summed E-state index contributed by atoms with van der Waals surface area (Å²) < 4.78 is 26.5. The smallest absolute Gasteiger partial charge is 0.214 e. The van der Waals surface area contributed by atoms with E-state index in [0.717, 1.165) is 32.5 Å². The third-order valence-electron chi connectivity index (χ3n) is 4.34. The highest BCUT2D eigenvalue weighted by Crippen LogP contribution is 2.28. The minimum atomic E-state index is -3.04. The molecule has 0 atom stereocenters. The van der Waals surface area contributed by atoms with E-state index in [1.807, 2.05) is 6.92 Å². The van der Waals surface area contributed by atoms with Gasteiger partial charge in [-0.1, -0.05) is 13.3 Å². The summed E-state index contributed by atoms with van der Waals surface area (Å²) in [5.74, 6) is 1.33. The van der Waals surface area contributed by atoms with Crippen LogP contribution in [0.5, 0.6) is 0 Å². The first kappa shape index (κ1) is 14.3. The summed E-state index contributed by atoms with van der Waals surface area (Å²) in [5, 5.41) is 3.29. The molecular formula is C13H26N2O2S. The van der Waals surface area contributed by atoms with E-state index in [4.69, 9.17) is 0 Å². The first-order chi connectivity index (χ1) is 8.62. The minimum Gasteiger partial charge on any atom is -0.317 e. The van der Waals surface area contributed by atoms with Gasteiger partial charge in [0.15, 0.2) is 0 Å². The first-order valence-corrected chi connectivity index (χ1v) is 8.91. The van der Waals surface area contributed by atoms with Gasteiger partial charge in [-0.05, 0) is 50.6 Å². The van der Waals surface area contributed by atoms with E-state index in [-0.39, 0.29) is 0 Å². The second-order valence-corrected chi connectivity index (χ2v) is 7.73. The van der Waals surface area contributed by atoms with Crippen molar-refractivity contribution in [2.75, 3.05) is 31.9 Å². The standard InChI is InChI=1S/C13H26N2O2S/c1-2-15(10-12-4-3-5-12)18(16,17)11-13-6-8-14-9-7-13/h12-14H,2-11H2,1H3. The van der Waals surface area contributed by atoms with Crippen LogP contribution in [0.3, 0.4) is 0 Å². The normalized spacial score (nSPS) is 23.2.